The quantitative estimate of drug-likeness (QED) is 0.390. The van der Waals surface area contributed by atoms with Crippen molar-refractivity contribution in [2.24, 2.45) is 0 Å². The van der Waals surface area contributed by atoms with Crippen LogP contribution in [-0.4, -0.2) is 5.78 Å². The van der Waals surface area contributed by atoms with Gasteiger partial charge < -0.3 is 11.5 Å². The Labute approximate surface area is 70.7 Å². The van der Waals surface area contributed by atoms with Crippen molar-refractivity contribution < 1.29 is 4.79 Å². The van der Waals surface area contributed by atoms with Gasteiger partial charge in [-0.05, 0) is 24.3 Å². The first-order valence-electron chi connectivity index (χ1n) is 3.47. The number of hydrogen-bond donors (Lipinski definition) is 2. The number of carbonyl (C=O) groups excluding carboxylic acids is 1. The van der Waals surface area contributed by atoms with Gasteiger partial charge in [-0.1, -0.05) is 6.58 Å². The fourth-order valence-corrected chi connectivity index (χ4v) is 0.846. The minimum absolute atomic E-state index is 0.151. The van der Waals surface area contributed by atoms with Crippen LogP contribution in [0.25, 0.3) is 0 Å². The Morgan fingerprint density at radius 2 is 2.00 bits per heavy atom. The van der Waals surface area contributed by atoms with E-state index in [9.17, 15) is 4.79 Å². The summed E-state index contributed by atoms with van der Waals surface area (Å²) in [6.45, 7) is 3.37. The number of benzene rings is 1. The molecule has 4 N–H and O–H groups in total. The summed E-state index contributed by atoms with van der Waals surface area (Å²) < 4.78 is 0. The Morgan fingerprint density at radius 1 is 1.33 bits per heavy atom. The highest BCUT2D eigenvalue weighted by Crippen LogP contribution is 2.16. The molecule has 3 nitrogen and oxygen atoms in total. The maximum atomic E-state index is 11.1. The first-order valence-corrected chi connectivity index (χ1v) is 3.47. The molecular formula is C9H10N2O. The van der Waals surface area contributed by atoms with Crippen LogP contribution in [0.1, 0.15) is 10.4 Å². The summed E-state index contributed by atoms with van der Waals surface area (Å²) >= 11 is 0. The number of carbonyl (C=O) groups is 1. The molecule has 0 saturated carbocycles. The summed E-state index contributed by atoms with van der Waals surface area (Å²) in [5.41, 5.74) is 12.4. The van der Waals surface area contributed by atoms with E-state index in [2.05, 4.69) is 6.58 Å². The lowest BCUT2D eigenvalue weighted by molar-refractivity contribution is 0.104. The number of allylic oxidation sites excluding steroid dienone is 1. The molecule has 12 heavy (non-hydrogen) atoms. The lowest BCUT2D eigenvalue weighted by Crippen LogP contribution is -1.99. The van der Waals surface area contributed by atoms with E-state index in [4.69, 9.17) is 11.5 Å². The van der Waals surface area contributed by atoms with Crippen molar-refractivity contribution in [2.75, 3.05) is 11.5 Å². The number of hydrogen-bond acceptors (Lipinski definition) is 3. The molecule has 1 rings (SSSR count). The van der Waals surface area contributed by atoms with E-state index in [1.165, 1.54) is 6.08 Å². The highest BCUT2D eigenvalue weighted by molar-refractivity contribution is 6.05. The monoisotopic (exact) mass is 162 g/mol. The normalized spacial score (nSPS) is 9.33. The summed E-state index contributed by atoms with van der Waals surface area (Å²) in [4.78, 5) is 11.1. The molecule has 62 valence electrons. The fraction of sp³-hybridized carbons (Fsp3) is 0. The molecule has 0 fully saturated rings. The highest BCUT2D eigenvalue weighted by Gasteiger charge is 2.02. The van der Waals surface area contributed by atoms with Gasteiger partial charge in [0.15, 0.2) is 5.78 Å². The minimum atomic E-state index is -0.151. The van der Waals surface area contributed by atoms with E-state index in [0.29, 0.717) is 16.9 Å². The molecule has 0 spiro atoms. The zero-order valence-corrected chi connectivity index (χ0v) is 6.58. The third-order valence-corrected chi connectivity index (χ3v) is 1.56. The minimum Gasteiger partial charge on any atom is -0.397 e. The zero-order valence-electron chi connectivity index (χ0n) is 6.58. The van der Waals surface area contributed by atoms with Gasteiger partial charge in [-0.25, -0.2) is 0 Å². The predicted octanol–water partition coefficient (Wildman–Crippen LogP) is 1.22. The summed E-state index contributed by atoms with van der Waals surface area (Å²) in [7, 11) is 0. The number of nitrogen functional groups attached to an aromatic ring is 2. The number of rotatable bonds is 2. The van der Waals surface area contributed by atoms with Crippen molar-refractivity contribution >= 4 is 17.2 Å². The van der Waals surface area contributed by atoms with E-state index >= 15 is 0 Å². The third kappa shape index (κ3) is 1.45. The van der Waals surface area contributed by atoms with Crippen LogP contribution in [0.5, 0.6) is 0 Å². The van der Waals surface area contributed by atoms with Gasteiger partial charge in [0.2, 0.25) is 0 Å². The second-order valence-electron chi connectivity index (χ2n) is 2.41. The van der Waals surface area contributed by atoms with E-state index in [0.717, 1.165) is 0 Å². The first-order chi connectivity index (χ1) is 5.65. The largest absolute Gasteiger partial charge is 0.397 e. The van der Waals surface area contributed by atoms with Crippen molar-refractivity contribution in [3.63, 3.8) is 0 Å². The Morgan fingerprint density at radius 3 is 2.50 bits per heavy atom. The van der Waals surface area contributed by atoms with Crippen LogP contribution < -0.4 is 11.5 Å². The summed E-state index contributed by atoms with van der Waals surface area (Å²) in [6, 6.07) is 4.77. The smallest absolute Gasteiger partial charge is 0.185 e. The van der Waals surface area contributed by atoms with Crippen LogP contribution in [0.4, 0.5) is 11.4 Å². The van der Waals surface area contributed by atoms with Crippen LogP contribution >= 0.6 is 0 Å². The SMILES string of the molecule is C=CC(=O)c1ccc(N)c(N)c1. The van der Waals surface area contributed by atoms with E-state index in [1.54, 1.807) is 18.2 Å². The Kier molecular flexibility index (Phi) is 2.14. The van der Waals surface area contributed by atoms with Crippen LogP contribution in [0.2, 0.25) is 0 Å². The standard InChI is InChI=1S/C9H10N2O/c1-2-9(12)6-3-4-7(10)8(11)5-6/h2-5H,1,10-11H2. The lowest BCUT2D eigenvalue weighted by atomic mass is 10.1. The average Bonchev–Trinajstić information content (AvgIpc) is 2.08. The molecule has 0 saturated heterocycles. The first kappa shape index (κ1) is 8.33. The van der Waals surface area contributed by atoms with Gasteiger partial charge in [0.05, 0.1) is 11.4 Å². The van der Waals surface area contributed by atoms with Crippen LogP contribution in [-0.2, 0) is 0 Å². The Hall–Kier alpha value is -1.77. The van der Waals surface area contributed by atoms with Crippen molar-refractivity contribution in [1.29, 1.82) is 0 Å². The molecule has 0 aliphatic heterocycles. The maximum absolute atomic E-state index is 11.1. The summed E-state index contributed by atoms with van der Waals surface area (Å²) in [5.74, 6) is -0.151. The number of anilines is 2. The molecule has 0 unspecified atom stereocenters. The number of nitrogens with two attached hydrogens (primary N) is 2. The molecule has 0 bridgehead atoms. The van der Waals surface area contributed by atoms with E-state index in [-0.39, 0.29) is 5.78 Å². The molecule has 0 aliphatic carbocycles. The second kappa shape index (κ2) is 3.09. The molecular weight excluding hydrogens is 152 g/mol. The zero-order chi connectivity index (χ0) is 9.14. The van der Waals surface area contributed by atoms with Crippen molar-refractivity contribution in [2.45, 2.75) is 0 Å². The van der Waals surface area contributed by atoms with Gasteiger partial charge in [-0.3, -0.25) is 4.79 Å². The molecule has 0 aliphatic rings. The van der Waals surface area contributed by atoms with Crippen LogP contribution in [0.15, 0.2) is 30.9 Å². The van der Waals surface area contributed by atoms with Gasteiger partial charge in [-0.2, -0.15) is 0 Å². The maximum Gasteiger partial charge on any atom is 0.185 e. The van der Waals surface area contributed by atoms with Crippen LogP contribution in [0.3, 0.4) is 0 Å². The third-order valence-electron chi connectivity index (χ3n) is 1.56. The molecule has 0 aromatic heterocycles. The second-order valence-corrected chi connectivity index (χ2v) is 2.41. The van der Waals surface area contributed by atoms with Crippen molar-refractivity contribution in [3.05, 3.63) is 36.4 Å². The van der Waals surface area contributed by atoms with Gasteiger partial charge in [-0.15, -0.1) is 0 Å². The molecule has 0 radical (unpaired) electrons. The summed E-state index contributed by atoms with van der Waals surface area (Å²) in [5, 5.41) is 0. The number of ketones is 1. The highest BCUT2D eigenvalue weighted by atomic mass is 16.1. The molecule has 0 amide bonds. The van der Waals surface area contributed by atoms with Gasteiger partial charge in [0.1, 0.15) is 0 Å². The van der Waals surface area contributed by atoms with Gasteiger partial charge >= 0.3 is 0 Å². The van der Waals surface area contributed by atoms with E-state index < -0.39 is 0 Å². The topological polar surface area (TPSA) is 69.1 Å². The molecule has 0 atom stereocenters. The molecule has 1 aromatic rings. The predicted molar refractivity (Wildman–Crippen MR) is 49.8 cm³/mol. The van der Waals surface area contributed by atoms with E-state index in [1.807, 2.05) is 0 Å². The fourth-order valence-electron chi connectivity index (χ4n) is 0.846. The Bertz CT molecular complexity index is 331. The molecule has 3 heteroatoms. The van der Waals surface area contributed by atoms with Crippen molar-refractivity contribution in [1.82, 2.24) is 0 Å². The van der Waals surface area contributed by atoms with Crippen LogP contribution in [0, 0.1) is 0 Å². The van der Waals surface area contributed by atoms with Crippen molar-refractivity contribution in [3.8, 4) is 0 Å². The molecule has 1 aromatic carbocycles. The van der Waals surface area contributed by atoms with Gasteiger partial charge in [0, 0.05) is 5.56 Å². The average molecular weight is 162 g/mol. The lowest BCUT2D eigenvalue weighted by Gasteiger charge is -2.00. The Balaban J connectivity index is 3.13. The van der Waals surface area contributed by atoms with Gasteiger partial charge in [0.25, 0.3) is 0 Å². The summed E-state index contributed by atoms with van der Waals surface area (Å²) in [6.07, 6.45) is 1.24. The molecule has 0 heterocycles.